The molecule has 1 heterocycles. The van der Waals surface area contributed by atoms with Gasteiger partial charge in [0.25, 0.3) is 5.91 Å². The van der Waals surface area contributed by atoms with Crippen molar-refractivity contribution in [3.8, 4) is 5.75 Å². The fourth-order valence-electron chi connectivity index (χ4n) is 2.14. The molecule has 1 aromatic carbocycles. The Morgan fingerprint density at radius 3 is 2.86 bits per heavy atom. The number of ether oxygens (including phenoxy) is 1. The Morgan fingerprint density at radius 1 is 1.41 bits per heavy atom. The maximum atomic E-state index is 12.2. The van der Waals surface area contributed by atoms with Crippen LogP contribution in [0.15, 0.2) is 36.5 Å². The highest BCUT2D eigenvalue weighted by Crippen LogP contribution is 2.17. The number of carbonyl (C=O) groups is 1. The monoisotopic (exact) mass is 309 g/mol. The van der Waals surface area contributed by atoms with Gasteiger partial charge in [0.05, 0.1) is 11.7 Å². The topological polar surface area (TPSA) is 56.2 Å². The van der Waals surface area contributed by atoms with Gasteiger partial charge in [-0.2, -0.15) is 13.9 Å². The molecule has 1 atom stereocenters. The molecule has 118 valence electrons. The van der Waals surface area contributed by atoms with E-state index in [2.05, 4.69) is 15.2 Å². The summed E-state index contributed by atoms with van der Waals surface area (Å²) < 4.78 is 30.5. The third kappa shape index (κ3) is 3.81. The van der Waals surface area contributed by atoms with Gasteiger partial charge >= 0.3 is 6.61 Å². The van der Waals surface area contributed by atoms with Crippen molar-refractivity contribution in [1.82, 2.24) is 15.1 Å². The zero-order chi connectivity index (χ0) is 16.1. The quantitative estimate of drug-likeness (QED) is 0.892. The van der Waals surface area contributed by atoms with Gasteiger partial charge in [-0.05, 0) is 38.1 Å². The minimum Gasteiger partial charge on any atom is -0.435 e. The van der Waals surface area contributed by atoms with Crippen LogP contribution in [0.3, 0.4) is 0 Å². The number of rotatable bonds is 6. The molecule has 0 aliphatic rings. The molecule has 5 nitrogen and oxygen atoms in total. The summed E-state index contributed by atoms with van der Waals surface area (Å²) in [5.41, 5.74) is 1.13. The van der Waals surface area contributed by atoms with Crippen LogP contribution >= 0.6 is 0 Å². The number of carbonyl (C=O) groups excluding carboxylic acids is 1. The van der Waals surface area contributed by atoms with Crippen molar-refractivity contribution in [2.75, 3.05) is 0 Å². The number of nitrogens with one attached hydrogen (secondary N) is 1. The summed E-state index contributed by atoms with van der Waals surface area (Å²) in [4.78, 5) is 12.2. The largest absolute Gasteiger partial charge is 0.435 e. The zero-order valence-electron chi connectivity index (χ0n) is 12.3. The first-order valence-corrected chi connectivity index (χ1v) is 6.88. The van der Waals surface area contributed by atoms with Crippen molar-refractivity contribution >= 4 is 5.91 Å². The molecule has 0 fully saturated rings. The fourth-order valence-corrected chi connectivity index (χ4v) is 2.14. The van der Waals surface area contributed by atoms with Crippen molar-refractivity contribution in [1.29, 1.82) is 0 Å². The summed E-state index contributed by atoms with van der Waals surface area (Å²) in [6.07, 6.45) is 1.67. The molecule has 0 radical (unpaired) electrons. The van der Waals surface area contributed by atoms with E-state index in [1.54, 1.807) is 10.9 Å². The van der Waals surface area contributed by atoms with E-state index in [9.17, 15) is 13.6 Å². The lowest BCUT2D eigenvalue weighted by Crippen LogP contribution is -2.28. The third-order valence-electron chi connectivity index (χ3n) is 3.16. The van der Waals surface area contributed by atoms with Gasteiger partial charge in [-0.25, -0.2) is 0 Å². The van der Waals surface area contributed by atoms with Crippen LogP contribution < -0.4 is 10.1 Å². The van der Waals surface area contributed by atoms with E-state index in [1.807, 2.05) is 19.9 Å². The first-order chi connectivity index (χ1) is 10.5. The molecule has 7 heteroatoms. The highest BCUT2D eigenvalue weighted by Gasteiger charge is 2.15. The van der Waals surface area contributed by atoms with E-state index in [4.69, 9.17) is 0 Å². The lowest BCUT2D eigenvalue weighted by atomic mass is 10.1. The van der Waals surface area contributed by atoms with Crippen molar-refractivity contribution in [3.63, 3.8) is 0 Å². The number of benzene rings is 1. The Bertz CT molecular complexity index is 643. The summed E-state index contributed by atoms with van der Waals surface area (Å²) in [7, 11) is 0. The molecule has 0 spiro atoms. The Morgan fingerprint density at radius 2 is 2.18 bits per heavy atom. The highest BCUT2D eigenvalue weighted by atomic mass is 19.3. The summed E-state index contributed by atoms with van der Waals surface area (Å²) in [5.74, 6) is -0.412. The molecule has 1 amide bonds. The van der Waals surface area contributed by atoms with E-state index in [0.29, 0.717) is 6.54 Å². The number of alkyl halides is 2. The molecular formula is C15H17F2N3O2. The average Bonchev–Trinajstić information content (AvgIpc) is 2.95. The van der Waals surface area contributed by atoms with Crippen LogP contribution in [-0.4, -0.2) is 22.3 Å². The third-order valence-corrected chi connectivity index (χ3v) is 3.16. The number of hydrogen-bond donors (Lipinski definition) is 1. The van der Waals surface area contributed by atoms with Gasteiger partial charge in [0.15, 0.2) is 0 Å². The van der Waals surface area contributed by atoms with Crippen LogP contribution in [0.1, 0.15) is 35.9 Å². The molecule has 0 saturated carbocycles. The molecule has 0 bridgehead atoms. The summed E-state index contributed by atoms with van der Waals surface area (Å²) >= 11 is 0. The van der Waals surface area contributed by atoms with Gasteiger partial charge in [0.2, 0.25) is 0 Å². The second-order valence-electron chi connectivity index (χ2n) is 4.67. The Kier molecular flexibility index (Phi) is 5.08. The lowest BCUT2D eigenvalue weighted by molar-refractivity contribution is -0.0498. The Balaban J connectivity index is 2.08. The molecule has 1 N–H and O–H groups in total. The first kappa shape index (κ1) is 15.9. The van der Waals surface area contributed by atoms with Crippen LogP contribution in [-0.2, 0) is 6.54 Å². The van der Waals surface area contributed by atoms with Gasteiger partial charge in [0.1, 0.15) is 5.75 Å². The van der Waals surface area contributed by atoms with E-state index in [0.717, 1.165) is 5.69 Å². The second-order valence-corrected chi connectivity index (χ2v) is 4.67. The van der Waals surface area contributed by atoms with Crippen molar-refractivity contribution in [2.24, 2.45) is 0 Å². The van der Waals surface area contributed by atoms with Gasteiger partial charge < -0.3 is 10.1 Å². The molecule has 2 aromatic rings. The predicted molar refractivity (Wildman–Crippen MR) is 76.9 cm³/mol. The van der Waals surface area contributed by atoms with E-state index in [1.165, 1.54) is 24.3 Å². The summed E-state index contributed by atoms with van der Waals surface area (Å²) in [5, 5.41) is 6.96. The number of halogens is 2. The maximum absolute atomic E-state index is 12.2. The zero-order valence-corrected chi connectivity index (χ0v) is 12.3. The van der Waals surface area contributed by atoms with Crippen molar-refractivity contribution < 1.29 is 18.3 Å². The molecule has 1 unspecified atom stereocenters. The number of aryl methyl sites for hydroxylation is 1. The predicted octanol–water partition coefficient (Wildman–Crippen LogP) is 3.00. The van der Waals surface area contributed by atoms with Crippen LogP contribution in [0.2, 0.25) is 0 Å². The SMILES string of the molecule is CCn1nccc1C(C)NC(=O)c1cccc(OC(F)F)c1. The van der Waals surface area contributed by atoms with Gasteiger partial charge in [-0.3, -0.25) is 9.48 Å². The Hall–Kier alpha value is -2.44. The molecule has 0 aliphatic carbocycles. The number of nitrogens with zero attached hydrogens (tertiary/aromatic N) is 2. The maximum Gasteiger partial charge on any atom is 0.387 e. The molecule has 0 aliphatic heterocycles. The number of aromatic nitrogens is 2. The Labute approximate surface area is 126 Å². The minimum absolute atomic E-state index is 0.0473. The second kappa shape index (κ2) is 7.02. The summed E-state index contributed by atoms with van der Waals surface area (Å²) in [6.45, 7) is 1.56. The molecule has 22 heavy (non-hydrogen) atoms. The van der Waals surface area contributed by atoms with Crippen LogP contribution in [0.25, 0.3) is 0 Å². The van der Waals surface area contributed by atoms with Crippen molar-refractivity contribution in [3.05, 3.63) is 47.8 Å². The molecule has 2 rings (SSSR count). The standard InChI is InChI=1S/C15H17F2N3O2/c1-3-20-13(7-8-18-20)10(2)19-14(21)11-5-4-6-12(9-11)22-15(16)17/h4-10,15H,3H2,1-2H3,(H,19,21). The minimum atomic E-state index is -2.92. The van der Waals surface area contributed by atoms with Gasteiger partial charge in [0, 0.05) is 18.3 Å². The average molecular weight is 309 g/mol. The van der Waals surface area contributed by atoms with E-state index < -0.39 is 6.61 Å². The first-order valence-electron chi connectivity index (χ1n) is 6.88. The number of hydrogen-bond acceptors (Lipinski definition) is 3. The van der Waals surface area contributed by atoms with E-state index in [-0.39, 0.29) is 23.3 Å². The normalized spacial score (nSPS) is 12.2. The van der Waals surface area contributed by atoms with Crippen molar-refractivity contribution in [2.45, 2.75) is 33.0 Å². The molecule has 0 saturated heterocycles. The smallest absolute Gasteiger partial charge is 0.387 e. The highest BCUT2D eigenvalue weighted by molar-refractivity contribution is 5.94. The van der Waals surface area contributed by atoms with Crippen LogP contribution in [0, 0.1) is 0 Å². The van der Waals surface area contributed by atoms with Gasteiger partial charge in [-0.15, -0.1) is 0 Å². The van der Waals surface area contributed by atoms with Crippen LogP contribution in [0.4, 0.5) is 8.78 Å². The summed E-state index contributed by atoms with van der Waals surface area (Å²) in [6, 6.07) is 7.26. The van der Waals surface area contributed by atoms with Gasteiger partial charge in [-0.1, -0.05) is 6.07 Å². The van der Waals surface area contributed by atoms with Crippen LogP contribution in [0.5, 0.6) is 5.75 Å². The molecule has 1 aromatic heterocycles. The number of amides is 1. The fraction of sp³-hybridized carbons (Fsp3) is 0.333. The lowest BCUT2D eigenvalue weighted by Gasteiger charge is -2.15. The molecular weight excluding hydrogens is 292 g/mol. The van der Waals surface area contributed by atoms with E-state index >= 15 is 0 Å².